The number of halogens is 1. The number of anilines is 2. The molecule has 1 heterocycles. The number of fused-ring (bicyclic) bond motifs is 1. The van der Waals surface area contributed by atoms with Crippen LogP contribution in [0.2, 0.25) is 0 Å². The summed E-state index contributed by atoms with van der Waals surface area (Å²) in [6, 6.07) is 21.1. The fourth-order valence-electron chi connectivity index (χ4n) is 3.07. The number of benzene rings is 3. The van der Waals surface area contributed by atoms with Crippen LogP contribution in [0.3, 0.4) is 0 Å². The third kappa shape index (κ3) is 4.55. The number of nitrogens with zero attached hydrogens (tertiary/aromatic N) is 2. The number of rotatable bonds is 6. The average molecular weight is 424 g/mol. The quantitative estimate of drug-likeness (QED) is 0.415. The average Bonchev–Trinajstić information content (AvgIpc) is 2.73. The van der Waals surface area contributed by atoms with Gasteiger partial charge in [0.25, 0.3) is 0 Å². The smallest absolute Gasteiger partial charge is 0.162 e. The maximum Gasteiger partial charge on any atom is 0.162 e. The zero-order valence-electron chi connectivity index (χ0n) is 16.9. The normalized spacial score (nSPS) is 10.2. The fourth-order valence-corrected chi connectivity index (χ4v) is 3.07. The lowest BCUT2D eigenvalue weighted by molar-refractivity contribution is 0.356. The Hall–Kier alpha value is -3.51. The van der Waals surface area contributed by atoms with Crippen molar-refractivity contribution >= 4 is 34.8 Å². The molecule has 154 valence electrons. The highest BCUT2D eigenvalue weighted by atomic mass is 35.5. The third-order valence-corrected chi connectivity index (χ3v) is 4.39. The van der Waals surface area contributed by atoms with Crippen LogP contribution in [0.1, 0.15) is 5.82 Å². The van der Waals surface area contributed by atoms with E-state index in [1.807, 2.05) is 73.7 Å². The topological polar surface area (TPSA) is 65.5 Å². The molecule has 3 aromatic carbocycles. The molecule has 0 bridgehead atoms. The lowest BCUT2D eigenvalue weighted by atomic mass is 10.2. The summed E-state index contributed by atoms with van der Waals surface area (Å²) < 4.78 is 16.8. The molecule has 0 aliphatic rings. The number of methoxy groups -OCH3 is 2. The number of aromatic nitrogens is 2. The van der Waals surface area contributed by atoms with Crippen molar-refractivity contribution < 1.29 is 14.2 Å². The SMILES string of the molecule is COc1cc2nc(C)nc(Nc3cccc(Oc4ccccc4)c3)c2cc1OC.Cl. The molecule has 6 nitrogen and oxygen atoms in total. The van der Waals surface area contributed by atoms with Gasteiger partial charge in [-0.05, 0) is 37.3 Å². The summed E-state index contributed by atoms with van der Waals surface area (Å²) in [6.45, 7) is 1.86. The lowest BCUT2D eigenvalue weighted by Gasteiger charge is -2.14. The van der Waals surface area contributed by atoms with Crippen LogP contribution in [0.25, 0.3) is 10.9 Å². The number of hydrogen-bond acceptors (Lipinski definition) is 6. The molecule has 1 aromatic heterocycles. The molecule has 1 N–H and O–H groups in total. The van der Waals surface area contributed by atoms with E-state index in [1.165, 1.54) is 0 Å². The van der Waals surface area contributed by atoms with Gasteiger partial charge < -0.3 is 19.5 Å². The van der Waals surface area contributed by atoms with Crippen molar-refractivity contribution in [1.82, 2.24) is 9.97 Å². The Bertz CT molecular complexity index is 1150. The van der Waals surface area contributed by atoms with Gasteiger partial charge in [0.1, 0.15) is 23.1 Å². The van der Waals surface area contributed by atoms with Crippen molar-refractivity contribution in [3.63, 3.8) is 0 Å². The van der Waals surface area contributed by atoms with Crippen molar-refractivity contribution in [2.75, 3.05) is 19.5 Å². The van der Waals surface area contributed by atoms with Crippen LogP contribution in [0.5, 0.6) is 23.0 Å². The summed E-state index contributed by atoms with van der Waals surface area (Å²) in [4.78, 5) is 9.11. The zero-order chi connectivity index (χ0) is 20.2. The molecule has 4 aromatic rings. The van der Waals surface area contributed by atoms with Gasteiger partial charge in [0.15, 0.2) is 11.5 Å². The number of para-hydroxylation sites is 1. The molecule has 0 aliphatic carbocycles. The first kappa shape index (κ1) is 21.2. The molecule has 0 fully saturated rings. The van der Waals surface area contributed by atoms with E-state index in [2.05, 4.69) is 15.3 Å². The molecule has 0 atom stereocenters. The summed E-state index contributed by atoms with van der Waals surface area (Å²) >= 11 is 0. The molecular formula is C23H22ClN3O3. The molecule has 0 saturated heterocycles. The van der Waals surface area contributed by atoms with Crippen molar-refractivity contribution in [1.29, 1.82) is 0 Å². The summed E-state index contributed by atoms with van der Waals surface area (Å²) in [6.07, 6.45) is 0. The van der Waals surface area contributed by atoms with Crippen LogP contribution < -0.4 is 19.5 Å². The molecule has 0 aliphatic heterocycles. The highest BCUT2D eigenvalue weighted by Crippen LogP contribution is 2.35. The Labute approximate surface area is 181 Å². The van der Waals surface area contributed by atoms with Gasteiger partial charge in [0.2, 0.25) is 0 Å². The molecule has 0 amide bonds. The van der Waals surface area contributed by atoms with Gasteiger partial charge in [-0.15, -0.1) is 12.4 Å². The predicted octanol–water partition coefficient (Wildman–Crippen LogP) is 5.91. The minimum Gasteiger partial charge on any atom is -0.493 e. The van der Waals surface area contributed by atoms with Gasteiger partial charge in [0.05, 0.1) is 19.7 Å². The molecule has 0 spiro atoms. The van der Waals surface area contributed by atoms with Crippen LogP contribution >= 0.6 is 12.4 Å². The predicted molar refractivity (Wildman–Crippen MR) is 121 cm³/mol. The summed E-state index contributed by atoms with van der Waals surface area (Å²) in [7, 11) is 3.21. The molecule has 7 heteroatoms. The molecule has 0 saturated carbocycles. The number of ether oxygens (including phenoxy) is 3. The van der Waals surface area contributed by atoms with E-state index in [9.17, 15) is 0 Å². The van der Waals surface area contributed by atoms with Crippen molar-refractivity contribution in [2.24, 2.45) is 0 Å². The van der Waals surface area contributed by atoms with E-state index in [0.29, 0.717) is 23.1 Å². The highest BCUT2D eigenvalue weighted by Gasteiger charge is 2.12. The second-order valence-corrected chi connectivity index (χ2v) is 6.41. The number of hydrogen-bond donors (Lipinski definition) is 1. The Morgan fingerprint density at radius 1 is 0.767 bits per heavy atom. The number of nitrogens with one attached hydrogen (secondary N) is 1. The van der Waals surface area contributed by atoms with Crippen molar-refractivity contribution in [3.05, 3.63) is 72.6 Å². The van der Waals surface area contributed by atoms with Crippen molar-refractivity contribution in [2.45, 2.75) is 6.92 Å². The highest BCUT2D eigenvalue weighted by molar-refractivity contribution is 5.93. The van der Waals surface area contributed by atoms with E-state index in [-0.39, 0.29) is 12.4 Å². The second-order valence-electron chi connectivity index (χ2n) is 6.41. The maximum atomic E-state index is 5.93. The van der Waals surface area contributed by atoms with Crippen LogP contribution in [0.15, 0.2) is 66.7 Å². The minimum absolute atomic E-state index is 0. The summed E-state index contributed by atoms with van der Waals surface area (Å²) in [5.41, 5.74) is 1.63. The van der Waals surface area contributed by atoms with Crippen molar-refractivity contribution in [3.8, 4) is 23.0 Å². The van der Waals surface area contributed by atoms with E-state index >= 15 is 0 Å². The van der Waals surface area contributed by atoms with Crippen LogP contribution in [0, 0.1) is 6.92 Å². The second kappa shape index (κ2) is 9.33. The molecule has 0 radical (unpaired) electrons. The molecular weight excluding hydrogens is 402 g/mol. The van der Waals surface area contributed by atoms with Gasteiger partial charge in [-0.2, -0.15) is 0 Å². The molecule has 4 rings (SSSR count). The lowest BCUT2D eigenvalue weighted by Crippen LogP contribution is -2.00. The fraction of sp³-hybridized carbons (Fsp3) is 0.130. The first-order valence-corrected chi connectivity index (χ1v) is 9.16. The van der Waals surface area contributed by atoms with Gasteiger partial charge in [-0.3, -0.25) is 0 Å². The summed E-state index contributed by atoms with van der Waals surface area (Å²) in [5.74, 6) is 4.11. The molecule has 30 heavy (non-hydrogen) atoms. The van der Waals surface area contributed by atoms with E-state index in [4.69, 9.17) is 14.2 Å². The Balaban J connectivity index is 0.00000256. The zero-order valence-corrected chi connectivity index (χ0v) is 17.7. The van der Waals surface area contributed by atoms with Crippen LogP contribution in [-0.4, -0.2) is 24.2 Å². The van der Waals surface area contributed by atoms with Gasteiger partial charge in [-0.1, -0.05) is 24.3 Å². The Kier molecular flexibility index (Phi) is 6.59. The first-order chi connectivity index (χ1) is 14.2. The third-order valence-electron chi connectivity index (χ3n) is 4.39. The Morgan fingerprint density at radius 3 is 2.20 bits per heavy atom. The van der Waals surface area contributed by atoms with E-state index < -0.39 is 0 Å². The van der Waals surface area contributed by atoms with Gasteiger partial charge in [-0.25, -0.2) is 9.97 Å². The number of aryl methyl sites for hydroxylation is 1. The Morgan fingerprint density at radius 2 is 1.47 bits per heavy atom. The largest absolute Gasteiger partial charge is 0.493 e. The standard InChI is InChI=1S/C23H21N3O3.ClH/c1-15-24-20-14-22(28-3)21(27-2)13-19(20)23(25-15)26-16-8-7-11-18(12-16)29-17-9-5-4-6-10-17;/h4-14H,1-3H3,(H,24,25,26);1H. The minimum atomic E-state index is 0. The molecule has 0 unspecified atom stereocenters. The maximum absolute atomic E-state index is 5.93. The van der Waals surface area contributed by atoms with E-state index in [1.54, 1.807) is 14.2 Å². The van der Waals surface area contributed by atoms with Gasteiger partial charge in [0, 0.05) is 23.2 Å². The monoisotopic (exact) mass is 423 g/mol. The summed E-state index contributed by atoms with van der Waals surface area (Å²) in [5, 5.41) is 4.21. The van der Waals surface area contributed by atoms with Crippen LogP contribution in [0.4, 0.5) is 11.5 Å². The van der Waals surface area contributed by atoms with Crippen LogP contribution in [-0.2, 0) is 0 Å². The first-order valence-electron chi connectivity index (χ1n) is 9.16. The van der Waals surface area contributed by atoms with Gasteiger partial charge >= 0.3 is 0 Å². The van der Waals surface area contributed by atoms with E-state index in [0.717, 1.165) is 28.1 Å².